The van der Waals surface area contributed by atoms with E-state index in [2.05, 4.69) is 10.3 Å². The van der Waals surface area contributed by atoms with Gasteiger partial charge in [0.1, 0.15) is 0 Å². The Labute approximate surface area is 179 Å². The molecule has 0 bridgehead atoms. The summed E-state index contributed by atoms with van der Waals surface area (Å²) in [6, 6.07) is 12.3. The number of amides is 1. The molecule has 7 nitrogen and oxygen atoms in total. The maximum atomic E-state index is 12.9. The van der Waals surface area contributed by atoms with Gasteiger partial charge in [-0.25, -0.2) is 4.98 Å². The molecule has 8 heteroatoms. The van der Waals surface area contributed by atoms with Crippen molar-refractivity contribution in [2.75, 3.05) is 19.5 Å². The average Bonchev–Trinajstić information content (AvgIpc) is 2.73. The molecular weight excluding hydrogens is 402 g/mol. The smallest absolute Gasteiger partial charge is 0.262 e. The number of hydrogen-bond acceptors (Lipinski definition) is 6. The molecule has 0 saturated heterocycles. The number of benzene rings is 2. The summed E-state index contributed by atoms with van der Waals surface area (Å²) >= 11 is 1.26. The highest BCUT2D eigenvalue weighted by atomic mass is 32.2. The first-order valence-corrected chi connectivity index (χ1v) is 10.4. The number of thioether (sulfide) groups is 1. The van der Waals surface area contributed by atoms with Crippen LogP contribution in [0.3, 0.4) is 0 Å². The third kappa shape index (κ3) is 4.43. The molecule has 1 amide bonds. The van der Waals surface area contributed by atoms with Crippen LogP contribution in [0.5, 0.6) is 11.5 Å². The van der Waals surface area contributed by atoms with Gasteiger partial charge in [0.2, 0.25) is 5.91 Å². The summed E-state index contributed by atoms with van der Waals surface area (Å²) in [4.78, 5) is 30.4. The highest BCUT2D eigenvalue weighted by molar-refractivity contribution is 8.00. The quantitative estimate of drug-likeness (QED) is 0.451. The number of aromatic nitrogens is 2. The first-order valence-electron chi connectivity index (χ1n) is 9.56. The van der Waals surface area contributed by atoms with Crippen molar-refractivity contribution >= 4 is 34.3 Å². The Morgan fingerprint density at radius 2 is 1.77 bits per heavy atom. The van der Waals surface area contributed by atoms with Crippen LogP contribution < -0.4 is 20.3 Å². The van der Waals surface area contributed by atoms with Gasteiger partial charge in [-0.2, -0.15) is 0 Å². The zero-order valence-electron chi connectivity index (χ0n) is 17.6. The van der Waals surface area contributed by atoms with Gasteiger partial charge in [-0.1, -0.05) is 23.9 Å². The molecule has 1 aromatic heterocycles. The molecule has 0 saturated carbocycles. The highest BCUT2D eigenvalue weighted by Gasteiger charge is 2.21. The second-order valence-corrected chi connectivity index (χ2v) is 8.31. The van der Waals surface area contributed by atoms with Crippen LogP contribution in [-0.4, -0.2) is 34.9 Å². The summed E-state index contributed by atoms with van der Waals surface area (Å²) < 4.78 is 12.1. The summed E-state index contributed by atoms with van der Waals surface area (Å²) in [5.74, 6) is 0.907. The van der Waals surface area contributed by atoms with Gasteiger partial charge >= 0.3 is 0 Å². The summed E-state index contributed by atoms with van der Waals surface area (Å²) in [6.45, 7) is 5.64. The SMILES string of the molecule is COc1ccc(NC(=O)C(C)Sc2nc3ccccc3c(=O)n2C(C)C)cc1OC. The van der Waals surface area contributed by atoms with Crippen LogP contribution in [0, 0.1) is 0 Å². The predicted molar refractivity (Wildman–Crippen MR) is 120 cm³/mol. The molecule has 0 fully saturated rings. The Morgan fingerprint density at radius 1 is 1.07 bits per heavy atom. The first-order chi connectivity index (χ1) is 14.3. The topological polar surface area (TPSA) is 82.5 Å². The van der Waals surface area contributed by atoms with E-state index in [4.69, 9.17) is 9.47 Å². The predicted octanol–water partition coefficient (Wildman–Crippen LogP) is 4.11. The van der Waals surface area contributed by atoms with E-state index in [-0.39, 0.29) is 17.5 Å². The fourth-order valence-electron chi connectivity index (χ4n) is 3.03. The molecule has 0 radical (unpaired) electrons. The zero-order valence-corrected chi connectivity index (χ0v) is 18.4. The van der Waals surface area contributed by atoms with E-state index in [1.807, 2.05) is 26.0 Å². The van der Waals surface area contributed by atoms with Gasteiger partial charge in [0.25, 0.3) is 5.56 Å². The molecule has 2 aromatic carbocycles. The van der Waals surface area contributed by atoms with Crippen molar-refractivity contribution in [2.45, 2.75) is 37.2 Å². The van der Waals surface area contributed by atoms with Crippen LogP contribution >= 0.6 is 11.8 Å². The van der Waals surface area contributed by atoms with E-state index in [1.165, 1.54) is 11.8 Å². The largest absolute Gasteiger partial charge is 0.493 e. The third-order valence-corrected chi connectivity index (χ3v) is 5.66. The molecule has 30 heavy (non-hydrogen) atoms. The first kappa shape index (κ1) is 21.7. The lowest BCUT2D eigenvalue weighted by molar-refractivity contribution is -0.115. The number of hydrogen-bond donors (Lipinski definition) is 1. The molecular formula is C22H25N3O4S. The number of anilines is 1. The lowest BCUT2D eigenvalue weighted by Crippen LogP contribution is -2.28. The van der Waals surface area contributed by atoms with Gasteiger partial charge in [0.15, 0.2) is 16.7 Å². The Morgan fingerprint density at radius 3 is 2.43 bits per heavy atom. The molecule has 0 aliphatic carbocycles. The normalized spacial score (nSPS) is 12.1. The van der Waals surface area contributed by atoms with Gasteiger partial charge in [-0.3, -0.25) is 14.2 Å². The summed E-state index contributed by atoms with van der Waals surface area (Å²) in [6.07, 6.45) is 0. The van der Waals surface area contributed by atoms with E-state index >= 15 is 0 Å². The fourth-order valence-corrected chi connectivity index (χ4v) is 4.07. The second-order valence-electron chi connectivity index (χ2n) is 7.00. The minimum atomic E-state index is -0.476. The number of para-hydroxylation sites is 1. The van der Waals surface area contributed by atoms with Gasteiger partial charge in [0, 0.05) is 17.8 Å². The van der Waals surface area contributed by atoms with Crippen molar-refractivity contribution < 1.29 is 14.3 Å². The third-order valence-electron chi connectivity index (χ3n) is 4.59. The maximum Gasteiger partial charge on any atom is 0.262 e. The van der Waals surface area contributed by atoms with Crippen molar-refractivity contribution in [1.29, 1.82) is 0 Å². The minimum Gasteiger partial charge on any atom is -0.493 e. The summed E-state index contributed by atoms with van der Waals surface area (Å²) in [7, 11) is 3.10. The van der Waals surface area contributed by atoms with E-state index in [1.54, 1.807) is 56.0 Å². The molecule has 3 aromatic rings. The van der Waals surface area contributed by atoms with Crippen molar-refractivity contribution in [3.63, 3.8) is 0 Å². The van der Waals surface area contributed by atoms with Crippen molar-refractivity contribution in [3.8, 4) is 11.5 Å². The molecule has 0 spiro atoms. The van der Waals surface area contributed by atoms with E-state index in [9.17, 15) is 9.59 Å². The zero-order chi connectivity index (χ0) is 21.8. The molecule has 3 rings (SSSR count). The Balaban J connectivity index is 1.86. The molecule has 1 heterocycles. The Bertz CT molecular complexity index is 1130. The number of carbonyl (C=O) groups excluding carboxylic acids is 1. The second kappa shape index (κ2) is 9.21. The molecule has 1 atom stereocenters. The van der Waals surface area contributed by atoms with Gasteiger partial charge < -0.3 is 14.8 Å². The number of methoxy groups -OCH3 is 2. The molecule has 0 aliphatic heterocycles. The number of fused-ring (bicyclic) bond motifs is 1. The van der Waals surface area contributed by atoms with E-state index in [0.29, 0.717) is 33.2 Å². The lowest BCUT2D eigenvalue weighted by atomic mass is 10.2. The fraction of sp³-hybridized carbons (Fsp3) is 0.318. The van der Waals surface area contributed by atoms with Crippen molar-refractivity contribution in [2.24, 2.45) is 0 Å². The minimum absolute atomic E-state index is 0.0850. The van der Waals surface area contributed by atoms with Crippen LogP contribution in [0.25, 0.3) is 10.9 Å². The standard InChI is InChI=1S/C22H25N3O4S/c1-13(2)25-21(27)16-8-6-7-9-17(16)24-22(25)30-14(3)20(26)23-15-10-11-18(28-4)19(12-15)29-5/h6-14H,1-5H3,(H,23,26). The average molecular weight is 428 g/mol. The molecule has 0 aliphatic rings. The van der Waals surface area contributed by atoms with Gasteiger partial charge in [0.05, 0.1) is 30.4 Å². The lowest BCUT2D eigenvalue weighted by Gasteiger charge is -2.18. The van der Waals surface area contributed by atoms with Gasteiger partial charge in [-0.05, 0) is 45.0 Å². The number of ether oxygens (including phenoxy) is 2. The number of rotatable bonds is 7. The summed E-state index contributed by atoms with van der Waals surface area (Å²) in [5, 5.41) is 3.49. The van der Waals surface area contributed by atoms with Gasteiger partial charge in [-0.15, -0.1) is 0 Å². The van der Waals surface area contributed by atoms with Crippen LogP contribution in [0.15, 0.2) is 52.4 Å². The molecule has 1 unspecified atom stereocenters. The Kier molecular flexibility index (Phi) is 6.66. The maximum absolute atomic E-state index is 12.9. The van der Waals surface area contributed by atoms with Crippen molar-refractivity contribution in [3.05, 3.63) is 52.8 Å². The molecule has 1 N–H and O–H groups in total. The van der Waals surface area contributed by atoms with Crippen LogP contribution in [0.2, 0.25) is 0 Å². The van der Waals surface area contributed by atoms with Crippen LogP contribution in [-0.2, 0) is 4.79 Å². The van der Waals surface area contributed by atoms with E-state index < -0.39 is 5.25 Å². The molecule has 158 valence electrons. The highest BCUT2D eigenvalue weighted by Crippen LogP contribution is 2.31. The summed E-state index contributed by atoms with van der Waals surface area (Å²) in [5.41, 5.74) is 1.11. The number of nitrogens with one attached hydrogen (secondary N) is 1. The number of nitrogens with zero attached hydrogens (tertiary/aromatic N) is 2. The Hall–Kier alpha value is -3.00. The monoisotopic (exact) mass is 427 g/mol. The van der Waals surface area contributed by atoms with Crippen molar-refractivity contribution in [1.82, 2.24) is 9.55 Å². The van der Waals surface area contributed by atoms with Crippen LogP contribution in [0.1, 0.15) is 26.8 Å². The number of carbonyl (C=O) groups is 1. The van der Waals surface area contributed by atoms with Crippen LogP contribution in [0.4, 0.5) is 5.69 Å². The van der Waals surface area contributed by atoms with E-state index in [0.717, 1.165) is 0 Å².